The van der Waals surface area contributed by atoms with E-state index in [-0.39, 0.29) is 17.1 Å². The molecule has 0 spiro atoms. The number of aromatic nitrogens is 4. The quantitative estimate of drug-likeness (QED) is 0.553. The van der Waals surface area contributed by atoms with Crippen LogP contribution >= 0.6 is 0 Å². The second-order valence-corrected chi connectivity index (χ2v) is 9.23. The largest absolute Gasteiger partial charge is 0.326 e. The van der Waals surface area contributed by atoms with Gasteiger partial charge in [0.15, 0.2) is 0 Å². The van der Waals surface area contributed by atoms with Crippen molar-refractivity contribution in [3.05, 3.63) is 60.8 Å². The molecule has 1 fully saturated rings. The fourth-order valence-electron chi connectivity index (χ4n) is 3.14. The van der Waals surface area contributed by atoms with Crippen molar-refractivity contribution in [1.82, 2.24) is 19.9 Å². The Balaban J connectivity index is 1.46. The highest BCUT2D eigenvalue weighted by Crippen LogP contribution is 2.29. The monoisotopic (exact) mass is 438 g/mol. The third-order valence-corrected chi connectivity index (χ3v) is 6.78. The number of hydrogen-bond acceptors (Lipinski definition) is 7. The third kappa shape index (κ3) is 5.02. The number of nitrogens with zero attached hydrogens (tertiary/aromatic N) is 4. The molecule has 9 nitrogen and oxygen atoms in total. The van der Waals surface area contributed by atoms with Crippen LogP contribution in [0.15, 0.2) is 55.1 Å². The van der Waals surface area contributed by atoms with Gasteiger partial charge in [0, 0.05) is 29.8 Å². The number of carbonyl (C=O) groups excluding carboxylic acids is 1. The van der Waals surface area contributed by atoms with E-state index in [0.29, 0.717) is 30.6 Å². The van der Waals surface area contributed by atoms with Gasteiger partial charge in [-0.05, 0) is 37.5 Å². The first-order valence-electron chi connectivity index (χ1n) is 9.98. The molecule has 0 aliphatic heterocycles. The lowest BCUT2D eigenvalue weighted by Gasteiger charge is -2.15. The van der Waals surface area contributed by atoms with E-state index in [1.807, 2.05) is 19.1 Å². The van der Waals surface area contributed by atoms with Crippen molar-refractivity contribution < 1.29 is 13.2 Å². The maximum absolute atomic E-state index is 12.9. The summed E-state index contributed by atoms with van der Waals surface area (Å²) in [6.07, 6.45) is 8.14. The topological polar surface area (TPSA) is 127 Å². The van der Waals surface area contributed by atoms with Crippen molar-refractivity contribution in [1.29, 1.82) is 0 Å². The Bertz CT molecular complexity index is 1170. The maximum Gasteiger partial charge on any atom is 0.237 e. The predicted octanol–water partition coefficient (Wildman–Crippen LogP) is 2.97. The molecule has 1 aliphatic rings. The summed E-state index contributed by atoms with van der Waals surface area (Å²) in [5, 5.41) is 2.51. The molecular weight excluding hydrogens is 416 g/mol. The van der Waals surface area contributed by atoms with Gasteiger partial charge in [-0.15, -0.1) is 0 Å². The van der Waals surface area contributed by atoms with Crippen LogP contribution in [0.2, 0.25) is 0 Å². The van der Waals surface area contributed by atoms with Crippen LogP contribution in [-0.4, -0.2) is 39.5 Å². The highest BCUT2D eigenvalue weighted by atomic mass is 32.2. The predicted molar refractivity (Wildman–Crippen MR) is 117 cm³/mol. The molecular formula is C21H22N6O3S. The fourth-order valence-corrected chi connectivity index (χ4v) is 4.41. The van der Waals surface area contributed by atoms with Crippen molar-refractivity contribution in [3.63, 3.8) is 0 Å². The zero-order chi connectivity index (χ0) is 21.8. The van der Waals surface area contributed by atoms with Crippen LogP contribution in [0.4, 0.5) is 11.6 Å². The SMILES string of the molecule is CCC(C(=O)Nc1ccc(-c2cnccn2)cc1)c1ccnc(NS(=O)(=O)C2CC2)n1. The number of anilines is 2. The van der Waals surface area contributed by atoms with Crippen molar-refractivity contribution in [3.8, 4) is 11.3 Å². The molecule has 1 aliphatic carbocycles. The molecule has 0 bridgehead atoms. The lowest BCUT2D eigenvalue weighted by molar-refractivity contribution is -0.117. The zero-order valence-corrected chi connectivity index (χ0v) is 17.7. The highest BCUT2D eigenvalue weighted by Gasteiger charge is 2.36. The van der Waals surface area contributed by atoms with Gasteiger partial charge in [-0.2, -0.15) is 0 Å². The van der Waals surface area contributed by atoms with E-state index in [4.69, 9.17) is 0 Å². The number of sulfonamides is 1. The van der Waals surface area contributed by atoms with E-state index in [1.165, 1.54) is 6.20 Å². The number of benzene rings is 1. The molecule has 31 heavy (non-hydrogen) atoms. The molecule has 1 saturated carbocycles. The smallest absolute Gasteiger partial charge is 0.237 e. The molecule has 1 amide bonds. The average molecular weight is 439 g/mol. The molecule has 2 heterocycles. The first-order chi connectivity index (χ1) is 15.0. The van der Waals surface area contributed by atoms with Crippen LogP contribution < -0.4 is 10.0 Å². The highest BCUT2D eigenvalue weighted by molar-refractivity contribution is 7.93. The summed E-state index contributed by atoms with van der Waals surface area (Å²) < 4.78 is 26.7. The van der Waals surface area contributed by atoms with E-state index in [1.54, 1.807) is 36.8 Å². The van der Waals surface area contributed by atoms with Crippen molar-refractivity contribution in [2.75, 3.05) is 10.0 Å². The first kappa shape index (κ1) is 20.9. The molecule has 2 aromatic heterocycles. The van der Waals surface area contributed by atoms with Crippen LogP contribution in [-0.2, 0) is 14.8 Å². The van der Waals surface area contributed by atoms with E-state index >= 15 is 0 Å². The fraction of sp³-hybridized carbons (Fsp3) is 0.286. The molecule has 10 heteroatoms. The molecule has 3 aromatic rings. The van der Waals surface area contributed by atoms with Crippen molar-refractivity contribution in [2.45, 2.75) is 37.4 Å². The Kier molecular flexibility index (Phi) is 5.90. The molecule has 1 unspecified atom stereocenters. The minimum atomic E-state index is -3.47. The number of carbonyl (C=O) groups is 1. The van der Waals surface area contributed by atoms with Gasteiger partial charge in [0.1, 0.15) is 0 Å². The Hall–Kier alpha value is -3.40. The summed E-state index contributed by atoms with van der Waals surface area (Å²) in [6.45, 7) is 1.87. The normalized spacial score (nSPS) is 14.6. The minimum Gasteiger partial charge on any atom is -0.326 e. The van der Waals surface area contributed by atoms with Gasteiger partial charge in [-0.25, -0.2) is 18.4 Å². The molecule has 2 N–H and O–H groups in total. The van der Waals surface area contributed by atoms with Crippen LogP contribution in [0.1, 0.15) is 37.8 Å². The third-order valence-electron chi connectivity index (χ3n) is 4.97. The van der Waals surface area contributed by atoms with E-state index in [9.17, 15) is 13.2 Å². The molecule has 0 saturated heterocycles. The van der Waals surface area contributed by atoms with Crippen molar-refractivity contribution in [2.24, 2.45) is 0 Å². The van der Waals surface area contributed by atoms with Crippen LogP contribution in [0, 0.1) is 0 Å². The molecule has 4 rings (SSSR count). The second-order valence-electron chi connectivity index (χ2n) is 7.27. The van der Waals surface area contributed by atoms with Gasteiger partial charge < -0.3 is 5.32 Å². The maximum atomic E-state index is 12.9. The van der Waals surface area contributed by atoms with Crippen LogP contribution in [0.25, 0.3) is 11.3 Å². The summed E-state index contributed by atoms with van der Waals surface area (Å²) in [5.41, 5.74) is 2.73. The summed E-state index contributed by atoms with van der Waals surface area (Å²) in [4.78, 5) is 29.5. The van der Waals surface area contributed by atoms with Crippen molar-refractivity contribution >= 4 is 27.6 Å². The van der Waals surface area contributed by atoms with Crippen LogP contribution in [0.3, 0.4) is 0 Å². The molecule has 1 aromatic carbocycles. The Morgan fingerprint density at radius 2 is 1.87 bits per heavy atom. The number of rotatable bonds is 8. The second kappa shape index (κ2) is 8.76. The lowest BCUT2D eigenvalue weighted by Crippen LogP contribution is -2.23. The van der Waals surface area contributed by atoms with Gasteiger partial charge in [0.2, 0.25) is 21.9 Å². The molecule has 0 radical (unpaired) electrons. The Morgan fingerprint density at radius 3 is 2.52 bits per heavy atom. The Labute approximate surface area is 180 Å². The Morgan fingerprint density at radius 1 is 1.10 bits per heavy atom. The van der Waals surface area contributed by atoms with Gasteiger partial charge in [-0.1, -0.05) is 19.1 Å². The van der Waals surface area contributed by atoms with E-state index in [2.05, 4.69) is 30.0 Å². The lowest BCUT2D eigenvalue weighted by atomic mass is 10.0. The van der Waals surface area contributed by atoms with E-state index < -0.39 is 15.9 Å². The molecule has 1 atom stereocenters. The van der Waals surface area contributed by atoms with Gasteiger partial charge in [0.05, 0.1) is 28.8 Å². The van der Waals surface area contributed by atoms with Gasteiger partial charge in [-0.3, -0.25) is 19.5 Å². The summed E-state index contributed by atoms with van der Waals surface area (Å²) in [5.74, 6) is -0.791. The average Bonchev–Trinajstić information content (AvgIpc) is 3.62. The number of nitrogens with one attached hydrogen (secondary N) is 2. The zero-order valence-electron chi connectivity index (χ0n) is 16.9. The number of hydrogen-bond donors (Lipinski definition) is 2. The van der Waals surface area contributed by atoms with Gasteiger partial charge >= 0.3 is 0 Å². The number of amides is 1. The van der Waals surface area contributed by atoms with Gasteiger partial charge in [0.25, 0.3) is 0 Å². The summed E-state index contributed by atoms with van der Waals surface area (Å²) in [7, 11) is -3.47. The summed E-state index contributed by atoms with van der Waals surface area (Å²) >= 11 is 0. The standard InChI is InChI=1S/C21H22N6O3S/c1-2-17(18-9-10-24-21(26-18)27-31(29,30)16-7-8-16)20(28)25-15-5-3-14(4-6-15)19-13-22-11-12-23-19/h3-6,9-13,16-17H,2,7-8H2,1H3,(H,25,28)(H,24,26,27). The first-order valence-corrected chi connectivity index (χ1v) is 11.5. The molecule has 160 valence electrons. The van der Waals surface area contributed by atoms with Crippen LogP contribution in [0.5, 0.6) is 0 Å². The summed E-state index contributed by atoms with van der Waals surface area (Å²) in [6, 6.07) is 8.93. The minimum absolute atomic E-state index is 0.0102. The van der Waals surface area contributed by atoms with E-state index in [0.717, 1.165) is 11.3 Å².